The average molecular weight is 425 g/mol. The highest BCUT2D eigenvalue weighted by molar-refractivity contribution is 5.85. The zero-order valence-corrected chi connectivity index (χ0v) is 17.8. The maximum atomic E-state index is 12.5. The summed E-state index contributed by atoms with van der Waals surface area (Å²) in [6, 6.07) is 9.51. The first kappa shape index (κ1) is 23.4. The number of para-hydroxylation sites is 1. The maximum absolute atomic E-state index is 12.5. The monoisotopic (exact) mass is 424 g/mol. The third-order valence-electron chi connectivity index (χ3n) is 5.41. The van der Waals surface area contributed by atoms with E-state index in [2.05, 4.69) is 15.5 Å². The van der Waals surface area contributed by atoms with Gasteiger partial charge >= 0.3 is 0 Å². The highest BCUT2D eigenvalue weighted by Crippen LogP contribution is 2.18. The Labute approximate surface area is 179 Å². The lowest BCUT2D eigenvalue weighted by molar-refractivity contribution is -0.136. The van der Waals surface area contributed by atoms with Crippen molar-refractivity contribution in [3.8, 4) is 5.75 Å². The molecule has 0 aromatic heterocycles. The van der Waals surface area contributed by atoms with Gasteiger partial charge in [0.2, 0.25) is 11.8 Å². The normalized spacial score (nSPS) is 19.9. The Balaban J connectivity index is 0.00000300. The van der Waals surface area contributed by atoms with Crippen LogP contribution in [0.2, 0.25) is 0 Å². The van der Waals surface area contributed by atoms with Gasteiger partial charge in [0.1, 0.15) is 5.75 Å². The second-order valence-electron chi connectivity index (χ2n) is 7.47. The van der Waals surface area contributed by atoms with E-state index in [1.165, 1.54) is 0 Å². The van der Waals surface area contributed by atoms with Crippen molar-refractivity contribution >= 4 is 24.2 Å². The number of piperidine rings is 1. The molecular weight excluding hydrogens is 392 g/mol. The summed E-state index contributed by atoms with van der Waals surface area (Å²) >= 11 is 0. The molecule has 2 heterocycles. The zero-order valence-electron chi connectivity index (χ0n) is 17.0. The lowest BCUT2D eigenvalue weighted by Gasteiger charge is -2.32. The predicted octanol–water partition coefficient (Wildman–Crippen LogP) is 1.14. The summed E-state index contributed by atoms with van der Waals surface area (Å²) in [5.74, 6) is 0.814. The second-order valence-corrected chi connectivity index (χ2v) is 7.47. The highest BCUT2D eigenvalue weighted by Gasteiger charge is 2.28. The van der Waals surface area contributed by atoms with Crippen molar-refractivity contribution in [3.63, 3.8) is 0 Å². The topological polar surface area (TPSA) is 73.9 Å². The molecule has 0 spiro atoms. The van der Waals surface area contributed by atoms with Crippen LogP contribution < -0.4 is 15.4 Å². The van der Waals surface area contributed by atoms with Crippen LogP contribution in [0.5, 0.6) is 5.75 Å². The quantitative estimate of drug-likeness (QED) is 0.654. The fraction of sp³-hybridized carbons (Fsp3) is 0.619. The molecule has 2 N–H and O–H groups in total. The van der Waals surface area contributed by atoms with E-state index in [1.807, 2.05) is 35.2 Å². The Morgan fingerprint density at radius 2 is 1.90 bits per heavy atom. The van der Waals surface area contributed by atoms with Gasteiger partial charge in [-0.3, -0.25) is 14.5 Å². The third kappa shape index (κ3) is 7.84. The van der Waals surface area contributed by atoms with Gasteiger partial charge in [-0.2, -0.15) is 0 Å². The van der Waals surface area contributed by atoms with Crippen LogP contribution in [-0.4, -0.2) is 80.6 Å². The predicted molar refractivity (Wildman–Crippen MR) is 115 cm³/mol. The zero-order chi connectivity index (χ0) is 19.6. The number of benzene rings is 1. The lowest BCUT2D eigenvalue weighted by atomic mass is 9.97. The minimum Gasteiger partial charge on any atom is -0.493 e. The van der Waals surface area contributed by atoms with Crippen LogP contribution in [-0.2, 0) is 9.59 Å². The molecule has 1 aromatic carbocycles. The standard InChI is InChI=1S/C21H32N4O3.ClH/c26-20(8-16-28-19-6-2-1-3-7-19)25-12-4-5-18(17-25)21(27)23-11-15-24-13-9-22-10-14-24;/h1-3,6-7,18,22H,4-5,8-17H2,(H,23,27);1H. The molecule has 1 unspecified atom stereocenters. The van der Waals surface area contributed by atoms with Crippen LogP contribution in [0.4, 0.5) is 0 Å². The van der Waals surface area contributed by atoms with Gasteiger partial charge in [-0.1, -0.05) is 18.2 Å². The molecule has 3 rings (SSSR count). The van der Waals surface area contributed by atoms with Gasteiger partial charge in [0.15, 0.2) is 0 Å². The van der Waals surface area contributed by atoms with Gasteiger partial charge in [0.25, 0.3) is 0 Å². The summed E-state index contributed by atoms with van der Waals surface area (Å²) in [4.78, 5) is 29.2. The number of amides is 2. The van der Waals surface area contributed by atoms with Crippen LogP contribution in [0.25, 0.3) is 0 Å². The van der Waals surface area contributed by atoms with Crippen molar-refractivity contribution in [2.24, 2.45) is 5.92 Å². The number of carbonyl (C=O) groups is 2. The van der Waals surface area contributed by atoms with Gasteiger partial charge in [0, 0.05) is 52.4 Å². The molecule has 1 aromatic rings. The van der Waals surface area contributed by atoms with Crippen LogP contribution in [0.1, 0.15) is 19.3 Å². The van der Waals surface area contributed by atoms with Gasteiger partial charge < -0.3 is 20.3 Å². The third-order valence-corrected chi connectivity index (χ3v) is 5.41. The number of piperazine rings is 1. The summed E-state index contributed by atoms with van der Waals surface area (Å²) in [6.45, 7) is 7.27. The molecule has 2 saturated heterocycles. The van der Waals surface area contributed by atoms with Crippen molar-refractivity contribution in [3.05, 3.63) is 30.3 Å². The average Bonchev–Trinajstić information content (AvgIpc) is 2.75. The summed E-state index contributed by atoms with van der Waals surface area (Å²) in [5, 5.41) is 6.39. The van der Waals surface area contributed by atoms with Gasteiger partial charge in [-0.25, -0.2) is 0 Å². The number of ether oxygens (including phenoxy) is 1. The Morgan fingerprint density at radius 1 is 1.14 bits per heavy atom. The van der Waals surface area contributed by atoms with Crippen LogP contribution in [0.3, 0.4) is 0 Å². The molecule has 2 aliphatic rings. The first-order chi connectivity index (χ1) is 13.7. The molecule has 162 valence electrons. The first-order valence-electron chi connectivity index (χ1n) is 10.4. The molecule has 2 amide bonds. The van der Waals surface area contributed by atoms with E-state index in [0.29, 0.717) is 26.1 Å². The molecule has 2 fully saturated rings. The van der Waals surface area contributed by atoms with Crippen molar-refractivity contribution in [1.82, 2.24) is 20.4 Å². The van der Waals surface area contributed by atoms with E-state index in [0.717, 1.165) is 57.9 Å². The maximum Gasteiger partial charge on any atom is 0.226 e. The minimum absolute atomic E-state index is 0. The molecule has 29 heavy (non-hydrogen) atoms. The molecule has 0 bridgehead atoms. The number of carbonyl (C=O) groups excluding carboxylic acids is 2. The van der Waals surface area contributed by atoms with Gasteiger partial charge in [0.05, 0.1) is 18.9 Å². The number of likely N-dealkylation sites (tertiary alicyclic amines) is 1. The Hall–Kier alpha value is -1.83. The molecule has 0 saturated carbocycles. The Kier molecular flexibility index (Phi) is 10.2. The molecule has 0 radical (unpaired) electrons. The molecular formula is C21H33ClN4O3. The van der Waals surface area contributed by atoms with Gasteiger partial charge in [-0.05, 0) is 25.0 Å². The van der Waals surface area contributed by atoms with E-state index in [1.54, 1.807) is 0 Å². The number of rotatable bonds is 8. The number of nitrogens with zero attached hydrogens (tertiary/aromatic N) is 2. The number of hydrogen-bond acceptors (Lipinski definition) is 5. The summed E-state index contributed by atoms with van der Waals surface area (Å²) in [6.07, 6.45) is 2.07. The molecule has 0 aliphatic carbocycles. The molecule has 1 atom stereocenters. The SMILES string of the molecule is Cl.O=C(NCCN1CCNCC1)C1CCCN(C(=O)CCOc2ccccc2)C1. The summed E-state index contributed by atoms with van der Waals surface area (Å²) in [7, 11) is 0. The first-order valence-corrected chi connectivity index (χ1v) is 10.4. The second kappa shape index (κ2) is 12.7. The van der Waals surface area contributed by atoms with Crippen LogP contribution >= 0.6 is 12.4 Å². The van der Waals surface area contributed by atoms with Crippen molar-refractivity contribution in [1.29, 1.82) is 0 Å². The van der Waals surface area contributed by atoms with Crippen LogP contribution in [0, 0.1) is 5.92 Å². The summed E-state index contributed by atoms with van der Waals surface area (Å²) in [5.41, 5.74) is 0. The van der Waals surface area contributed by atoms with E-state index in [4.69, 9.17) is 4.74 Å². The smallest absolute Gasteiger partial charge is 0.226 e. The van der Waals surface area contributed by atoms with Crippen LogP contribution in [0.15, 0.2) is 30.3 Å². The largest absolute Gasteiger partial charge is 0.493 e. The van der Waals surface area contributed by atoms with E-state index >= 15 is 0 Å². The van der Waals surface area contributed by atoms with Crippen molar-refractivity contribution in [2.45, 2.75) is 19.3 Å². The Morgan fingerprint density at radius 3 is 2.66 bits per heavy atom. The molecule has 8 heteroatoms. The van der Waals surface area contributed by atoms with Crippen molar-refractivity contribution < 1.29 is 14.3 Å². The molecule has 7 nitrogen and oxygen atoms in total. The minimum atomic E-state index is -0.101. The fourth-order valence-corrected chi connectivity index (χ4v) is 3.77. The van der Waals surface area contributed by atoms with Crippen molar-refractivity contribution in [2.75, 3.05) is 59.0 Å². The number of halogens is 1. The summed E-state index contributed by atoms with van der Waals surface area (Å²) < 4.78 is 5.62. The van der Waals surface area contributed by atoms with E-state index < -0.39 is 0 Å². The Bertz CT molecular complexity index is 626. The van der Waals surface area contributed by atoms with E-state index in [9.17, 15) is 9.59 Å². The van der Waals surface area contributed by atoms with Gasteiger partial charge in [-0.15, -0.1) is 12.4 Å². The number of hydrogen-bond donors (Lipinski definition) is 2. The fourth-order valence-electron chi connectivity index (χ4n) is 3.77. The molecule has 2 aliphatic heterocycles. The number of nitrogens with one attached hydrogen (secondary N) is 2. The lowest BCUT2D eigenvalue weighted by Crippen LogP contribution is -2.48. The highest BCUT2D eigenvalue weighted by atomic mass is 35.5. The van der Waals surface area contributed by atoms with E-state index in [-0.39, 0.29) is 30.1 Å².